The van der Waals surface area contributed by atoms with Crippen LogP contribution in [0.2, 0.25) is 0 Å². The van der Waals surface area contributed by atoms with Gasteiger partial charge >= 0.3 is 24.1 Å². The Morgan fingerprint density at radius 3 is 1.88 bits per heavy atom. The van der Waals surface area contributed by atoms with Crippen LogP contribution in [-0.2, 0) is 44.1 Å². The number of unbranched alkanes of at least 4 members (excludes halogenated alkanes) is 3. The lowest BCUT2D eigenvalue weighted by atomic mass is 9.55. The molecule has 0 radical (unpaired) electrons. The smallest absolute Gasteiger partial charge is 0.435 e. The summed E-state index contributed by atoms with van der Waals surface area (Å²) in [6.07, 6.45) is -11.3. The molecule has 91 heavy (non-hydrogen) atoms. The number of aryl methyl sites for hydroxylation is 1. The number of hydrogen-bond donors (Lipinski definition) is 1. The molecule has 0 aromatic heterocycles. The molecule has 0 amide bonds. The molecule has 5 aromatic rings. The van der Waals surface area contributed by atoms with Crippen LogP contribution >= 0.6 is 21.6 Å². The van der Waals surface area contributed by atoms with Gasteiger partial charge in [0.1, 0.15) is 41.1 Å². The number of benzene rings is 5. The summed E-state index contributed by atoms with van der Waals surface area (Å²) in [6.45, 7) is 2.54. The van der Waals surface area contributed by atoms with E-state index in [1.54, 1.807) is 25.0 Å². The van der Waals surface area contributed by atoms with Crippen LogP contribution in [0.3, 0.4) is 0 Å². The van der Waals surface area contributed by atoms with Crippen molar-refractivity contribution < 1.29 is 86.6 Å². The first-order valence-corrected chi connectivity index (χ1v) is 33.8. The van der Waals surface area contributed by atoms with Crippen LogP contribution in [-0.4, -0.2) is 119 Å². The van der Waals surface area contributed by atoms with Crippen LogP contribution in [0.4, 0.5) is 48.3 Å². The van der Waals surface area contributed by atoms with Gasteiger partial charge in [0.25, 0.3) is 0 Å². The third-order valence-corrected chi connectivity index (χ3v) is 21.0. The van der Waals surface area contributed by atoms with Crippen molar-refractivity contribution in [2.45, 2.75) is 145 Å². The fourth-order valence-electron chi connectivity index (χ4n) is 13.7. The lowest BCUT2D eigenvalue weighted by Gasteiger charge is -2.50. The number of methoxy groups -OCH3 is 2. The monoisotopic (exact) mass is 1330 g/mol. The Kier molecular flexibility index (Phi) is 25.8. The second kappa shape index (κ2) is 32.6. The maximum absolute atomic E-state index is 15.5. The van der Waals surface area contributed by atoms with E-state index >= 15 is 8.78 Å². The topological polar surface area (TPSA) is 88.1 Å². The first kappa shape index (κ1) is 72.0. The summed E-state index contributed by atoms with van der Waals surface area (Å²) in [5, 5.41) is 10.5. The van der Waals surface area contributed by atoms with Crippen LogP contribution in [0.15, 0.2) is 109 Å². The second-order valence-electron chi connectivity index (χ2n) is 24.4. The zero-order valence-electron chi connectivity index (χ0n) is 52.0. The predicted molar refractivity (Wildman–Crippen MR) is 332 cm³/mol. The standard InChI is InChI=1S/C69H84F11NO8S2/c1-64-32-31-57-56-28-26-55(42-49(56)17-27-58(57)60(64)29-30-63(64)86-35-13-36-88-66(67(72,73)74,68(75,76)77)69(78,79)80)87-45-48-40-61(70)59(62(71)41-48)43-81(2)33-10-5-6-11-38-90-91-39-37-85-34-12-14-47(44-82)46-89-65(50-15-8-7-9-16-50,51-18-22-53(83-3)23-19-51)52-20-24-54(84-4)25-21-52/h7-9,15-16,18-26,28,40-42,47,57-58,60,63,82H,5-6,10-14,17,27,29-39,43-46H2,1-4H3/t47?,57?,58?,60?,63-,64-/m0/s1. The summed E-state index contributed by atoms with van der Waals surface area (Å²) >= 11 is 0. The average Bonchev–Trinajstić information content (AvgIpc) is 1.58. The number of alkyl halides is 9. The highest BCUT2D eigenvalue weighted by molar-refractivity contribution is 8.76. The van der Waals surface area contributed by atoms with E-state index in [4.69, 9.17) is 28.4 Å². The lowest BCUT2D eigenvalue weighted by molar-refractivity contribution is -0.457. The van der Waals surface area contributed by atoms with Crippen molar-refractivity contribution in [2.75, 3.05) is 79.0 Å². The Labute approximate surface area is 535 Å². The number of aliphatic hydroxyl groups excluding tert-OH is 1. The van der Waals surface area contributed by atoms with Crippen LogP contribution in [0.25, 0.3) is 0 Å². The Morgan fingerprint density at radius 1 is 0.637 bits per heavy atom. The van der Waals surface area contributed by atoms with Crippen molar-refractivity contribution in [3.05, 3.63) is 160 Å². The first-order chi connectivity index (χ1) is 43.5. The van der Waals surface area contributed by atoms with E-state index in [1.165, 1.54) is 17.7 Å². The van der Waals surface area contributed by atoms with Gasteiger partial charge < -0.3 is 43.2 Å². The van der Waals surface area contributed by atoms with Crippen LogP contribution in [0.5, 0.6) is 17.2 Å². The Bertz CT molecular complexity index is 2920. The summed E-state index contributed by atoms with van der Waals surface area (Å²) in [5.41, 5.74) is -2.11. The summed E-state index contributed by atoms with van der Waals surface area (Å²) in [4.78, 5) is 1.93. The number of hydrogen-bond acceptors (Lipinski definition) is 11. The van der Waals surface area contributed by atoms with Crippen molar-refractivity contribution in [1.29, 1.82) is 0 Å². The van der Waals surface area contributed by atoms with Gasteiger partial charge in [-0.3, -0.25) is 0 Å². The first-order valence-electron chi connectivity index (χ1n) is 31.3. The molecule has 2 fully saturated rings. The number of rotatable bonds is 35. The molecule has 6 atom stereocenters. The highest BCUT2D eigenvalue weighted by atomic mass is 33.1. The third-order valence-electron chi connectivity index (χ3n) is 18.5. The minimum atomic E-state index is -6.78. The molecule has 0 aliphatic heterocycles. The zero-order valence-corrected chi connectivity index (χ0v) is 53.6. The Balaban J connectivity index is 0.681. The fourth-order valence-corrected chi connectivity index (χ4v) is 15.8. The number of ether oxygens (including phenoxy) is 7. The van der Waals surface area contributed by atoms with Gasteiger partial charge in [-0.25, -0.2) is 8.78 Å². The average molecular weight is 1330 g/mol. The van der Waals surface area contributed by atoms with Gasteiger partial charge in [0, 0.05) is 49.4 Å². The Morgan fingerprint density at radius 2 is 1.25 bits per heavy atom. The minimum Gasteiger partial charge on any atom is -0.497 e. The fraction of sp³-hybridized carbons (Fsp3) is 0.565. The SMILES string of the molecule is COc1ccc(C(OCC(CO)CCCOCCSSCCCCCCN(C)Cc2c(F)cc(COc3ccc4c(c3)CCC3C4CC[C@@]4(C)C3CC[C@@H]4OCCCOC(C(F)(F)F)(C(F)(F)F)C(F)(F)F)cc2F)(c2ccccc2)c2ccc(OC)cc2)cc1. The lowest BCUT2D eigenvalue weighted by Crippen LogP contribution is -2.67. The molecular weight excluding hydrogens is 1240 g/mol. The number of fused-ring (bicyclic) bond motifs is 5. The molecule has 0 bridgehead atoms. The highest BCUT2D eigenvalue weighted by Gasteiger charge is 2.85. The van der Waals surface area contributed by atoms with Gasteiger partial charge in [-0.15, -0.1) is 0 Å². The largest absolute Gasteiger partial charge is 0.497 e. The van der Waals surface area contributed by atoms with Crippen LogP contribution in [0.1, 0.15) is 129 Å². The van der Waals surface area contributed by atoms with E-state index in [9.17, 15) is 44.6 Å². The van der Waals surface area contributed by atoms with Gasteiger partial charge in [-0.1, -0.05) is 102 Å². The molecule has 0 heterocycles. The molecule has 0 spiro atoms. The van der Waals surface area contributed by atoms with Gasteiger partial charge in [0.15, 0.2) is 0 Å². The maximum atomic E-state index is 15.5. The molecule has 1 N–H and O–H groups in total. The third kappa shape index (κ3) is 17.4. The molecule has 22 heteroatoms. The number of nitrogens with zero attached hydrogens (tertiary/aromatic N) is 1. The van der Waals surface area contributed by atoms with Crippen molar-refractivity contribution in [2.24, 2.45) is 23.2 Å². The van der Waals surface area contributed by atoms with E-state index in [0.717, 1.165) is 116 Å². The van der Waals surface area contributed by atoms with Crippen molar-refractivity contribution >= 4 is 21.6 Å². The van der Waals surface area contributed by atoms with Gasteiger partial charge in [0.05, 0.1) is 40.1 Å². The molecule has 5 aromatic carbocycles. The molecule has 0 saturated heterocycles. The van der Waals surface area contributed by atoms with Crippen LogP contribution in [0, 0.1) is 34.8 Å². The minimum absolute atomic E-state index is 0.00657. The second-order valence-corrected chi connectivity index (χ2v) is 27.1. The van der Waals surface area contributed by atoms with E-state index in [0.29, 0.717) is 44.1 Å². The summed E-state index contributed by atoms with van der Waals surface area (Å²) in [5.74, 6) is 3.27. The van der Waals surface area contributed by atoms with E-state index in [2.05, 4.69) is 23.8 Å². The number of halogens is 11. The maximum Gasteiger partial charge on any atom is 0.435 e. The summed E-state index contributed by atoms with van der Waals surface area (Å²) in [6, 6.07) is 34.4. The van der Waals surface area contributed by atoms with E-state index in [1.807, 2.05) is 108 Å². The normalized spacial score (nSPS) is 19.9. The van der Waals surface area contributed by atoms with E-state index < -0.39 is 54.4 Å². The van der Waals surface area contributed by atoms with Gasteiger partial charge in [-0.2, -0.15) is 39.5 Å². The molecule has 3 aliphatic carbocycles. The summed E-state index contributed by atoms with van der Waals surface area (Å²) < 4.78 is 190. The summed E-state index contributed by atoms with van der Waals surface area (Å²) in [7, 11) is 8.77. The highest BCUT2D eigenvalue weighted by Crippen LogP contribution is 2.62. The Hall–Kier alpha value is -4.81. The predicted octanol–water partition coefficient (Wildman–Crippen LogP) is 17.4. The zero-order chi connectivity index (χ0) is 65.5. The molecule has 2 saturated carbocycles. The molecule has 9 nitrogen and oxygen atoms in total. The van der Waals surface area contributed by atoms with Crippen molar-refractivity contribution in [3.8, 4) is 17.2 Å². The number of aliphatic hydroxyl groups is 1. The molecule has 3 aliphatic rings. The quantitative estimate of drug-likeness (QED) is 0.0182. The van der Waals surface area contributed by atoms with Gasteiger partial charge in [0.2, 0.25) is 0 Å². The van der Waals surface area contributed by atoms with E-state index in [-0.39, 0.29) is 67.1 Å². The molecule has 8 rings (SSSR count). The molecule has 4 unspecified atom stereocenters. The van der Waals surface area contributed by atoms with Crippen molar-refractivity contribution in [3.63, 3.8) is 0 Å². The van der Waals surface area contributed by atoms with Crippen LogP contribution < -0.4 is 14.2 Å². The molecular formula is C69H84F11NO8S2. The van der Waals surface area contributed by atoms with Crippen molar-refractivity contribution in [1.82, 2.24) is 4.90 Å². The van der Waals surface area contributed by atoms with Gasteiger partial charge in [-0.05, 0) is 189 Å². The molecule has 502 valence electrons.